The van der Waals surface area contributed by atoms with Gasteiger partial charge >= 0.3 is 5.97 Å². The van der Waals surface area contributed by atoms with Crippen LogP contribution in [0, 0.1) is 0 Å². The van der Waals surface area contributed by atoms with Gasteiger partial charge in [-0.1, -0.05) is 29.0 Å². The third kappa shape index (κ3) is 3.11. The average molecular weight is 361 g/mol. The molecule has 0 aliphatic carbocycles. The van der Waals surface area contributed by atoms with Crippen LogP contribution in [-0.4, -0.2) is 23.6 Å². The van der Waals surface area contributed by atoms with Crippen LogP contribution in [0.3, 0.4) is 0 Å². The maximum atomic E-state index is 12.3. The molecule has 0 saturated carbocycles. The Kier molecular flexibility index (Phi) is 4.51. The van der Waals surface area contributed by atoms with Gasteiger partial charge in [0.1, 0.15) is 0 Å². The van der Waals surface area contributed by atoms with E-state index < -0.39 is 5.97 Å². The molecule has 0 atom stereocenters. The molecule has 0 unspecified atom stereocenters. The minimum Gasteiger partial charge on any atom is -0.465 e. The minimum atomic E-state index is -0.401. The molecule has 0 saturated heterocycles. The fourth-order valence-corrected chi connectivity index (χ4v) is 3.50. The number of nitrogens with zero attached hydrogens (tertiary/aromatic N) is 2. The molecular weight excluding hydrogens is 348 g/mol. The Morgan fingerprint density at radius 1 is 1.17 bits per heavy atom. The summed E-state index contributed by atoms with van der Waals surface area (Å²) in [5.74, 6) is -0.769. The van der Waals surface area contributed by atoms with E-state index in [4.69, 9.17) is 16.3 Å². The number of methoxy groups -OCH3 is 1. The van der Waals surface area contributed by atoms with Gasteiger partial charge < -0.3 is 9.30 Å². The number of carbonyl (C=O) groups excluding carboxylic acids is 2. The number of fused-ring (bicyclic) bond motifs is 1. The lowest BCUT2D eigenvalue weighted by atomic mass is 10.2. The Hall–Kier alpha value is -2.44. The molecule has 0 fully saturated rings. The van der Waals surface area contributed by atoms with Crippen molar-refractivity contribution in [2.45, 2.75) is 0 Å². The number of aryl methyl sites for hydroxylation is 1. The highest BCUT2D eigenvalue weighted by Crippen LogP contribution is 2.19. The van der Waals surface area contributed by atoms with Crippen LogP contribution >= 0.6 is 22.9 Å². The zero-order valence-electron chi connectivity index (χ0n) is 12.9. The number of amides is 1. The van der Waals surface area contributed by atoms with E-state index in [2.05, 4.69) is 4.99 Å². The Morgan fingerprint density at radius 3 is 2.67 bits per heavy atom. The quantitative estimate of drug-likeness (QED) is 0.658. The van der Waals surface area contributed by atoms with Crippen molar-refractivity contribution in [1.29, 1.82) is 0 Å². The van der Waals surface area contributed by atoms with Crippen molar-refractivity contribution in [3.63, 3.8) is 0 Å². The van der Waals surface area contributed by atoms with Crippen molar-refractivity contribution in [3.05, 3.63) is 63.4 Å². The van der Waals surface area contributed by atoms with Crippen molar-refractivity contribution in [3.8, 4) is 0 Å². The van der Waals surface area contributed by atoms with Gasteiger partial charge in [-0.3, -0.25) is 4.79 Å². The van der Waals surface area contributed by atoms with Crippen LogP contribution in [0.2, 0.25) is 5.02 Å². The SMILES string of the molecule is COC(=O)c1ccc2c(c1)sc(=NC(=O)c1cccc(Cl)c1)n2C. The molecule has 0 N–H and O–H groups in total. The molecule has 1 heterocycles. The third-order valence-electron chi connectivity index (χ3n) is 3.50. The van der Waals surface area contributed by atoms with Crippen LogP contribution in [0.4, 0.5) is 0 Å². The first kappa shape index (κ1) is 16.4. The Labute approximate surface area is 146 Å². The van der Waals surface area contributed by atoms with Crippen molar-refractivity contribution < 1.29 is 14.3 Å². The number of ether oxygens (including phenoxy) is 1. The van der Waals surface area contributed by atoms with Crippen LogP contribution in [0.15, 0.2) is 47.5 Å². The summed E-state index contributed by atoms with van der Waals surface area (Å²) >= 11 is 7.24. The molecule has 2 aromatic carbocycles. The number of rotatable bonds is 2. The van der Waals surface area contributed by atoms with Crippen LogP contribution in [0.5, 0.6) is 0 Å². The summed E-state index contributed by atoms with van der Waals surface area (Å²) in [5.41, 5.74) is 1.76. The van der Waals surface area contributed by atoms with E-state index in [1.807, 2.05) is 11.6 Å². The van der Waals surface area contributed by atoms with Crippen LogP contribution < -0.4 is 4.80 Å². The first-order chi connectivity index (χ1) is 11.5. The van der Waals surface area contributed by atoms with E-state index >= 15 is 0 Å². The number of hydrogen-bond acceptors (Lipinski definition) is 4. The van der Waals surface area contributed by atoms with Gasteiger partial charge in [0.05, 0.1) is 22.9 Å². The normalized spacial score (nSPS) is 11.7. The lowest BCUT2D eigenvalue weighted by Crippen LogP contribution is -2.13. The molecule has 0 radical (unpaired) electrons. The van der Waals surface area contributed by atoms with Gasteiger partial charge in [0, 0.05) is 17.6 Å². The van der Waals surface area contributed by atoms with Gasteiger partial charge in [-0.2, -0.15) is 4.99 Å². The Balaban J connectivity index is 2.07. The molecule has 5 nitrogen and oxygen atoms in total. The largest absolute Gasteiger partial charge is 0.465 e. The monoisotopic (exact) mass is 360 g/mol. The molecule has 122 valence electrons. The van der Waals surface area contributed by atoms with Crippen LogP contribution in [0.25, 0.3) is 10.2 Å². The second-order valence-corrected chi connectivity index (χ2v) is 6.49. The highest BCUT2D eigenvalue weighted by molar-refractivity contribution is 7.16. The van der Waals surface area contributed by atoms with E-state index in [0.717, 1.165) is 10.2 Å². The second kappa shape index (κ2) is 6.59. The van der Waals surface area contributed by atoms with E-state index in [-0.39, 0.29) is 5.91 Å². The van der Waals surface area contributed by atoms with Gasteiger partial charge in [0.25, 0.3) is 5.91 Å². The van der Waals surface area contributed by atoms with E-state index in [1.165, 1.54) is 18.4 Å². The van der Waals surface area contributed by atoms with Gasteiger partial charge in [-0.25, -0.2) is 4.79 Å². The summed E-state index contributed by atoms with van der Waals surface area (Å²) in [4.78, 5) is 28.6. The van der Waals surface area contributed by atoms with E-state index in [0.29, 0.717) is 21.0 Å². The summed E-state index contributed by atoms with van der Waals surface area (Å²) in [6.45, 7) is 0. The number of hydrogen-bond donors (Lipinski definition) is 0. The second-order valence-electron chi connectivity index (χ2n) is 5.05. The Morgan fingerprint density at radius 2 is 1.96 bits per heavy atom. The summed E-state index contributed by atoms with van der Waals surface area (Å²) in [6.07, 6.45) is 0. The summed E-state index contributed by atoms with van der Waals surface area (Å²) < 4.78 is 7.38. The molecule has 7 heteroatoms. The highest BCUT2D eigenvalue weighted by atomic mass is 35.5. The van der Waals surface area contributed by atoms with Crippen LogP contribution in [0.1, 0.15) is 20.7 Å². The molecular formula is C17H13ClN2O3S. The maximum absolute atomic E-state index is 12.3. The number of carbonyl (C=O) groups is 2. The zero-order valence-corrected chi connectivity index (χ0v) is 14.5. The van der Waals surface area contributed by atoms with Crippen molar-refractivity contribution in [2.75, 3.05) is 7.11 Å². The maximum Gasteiger partial charge on any atom is 0.337 e. The van der Waals surface area contributed by atoms with Crippen molar-refractivity contribution in [1.82, 2.24) is 4.57 Å². The lowest BCUT2D eigenvalue weighted by molar-refractivity contribution is 0.0601. The molecule has 3 rings (SSSR count). The number of benzene rings is 2. The first-order valence-corrected chi connectivity index (χ1v) is 8.21. The molecule has 0 bridgehead atoms. The fourth-order valence-electron chi connectivity index (χ4n) is 2.26. The standard InChI is InChI=1S/C17H13ClN2O3S/c1-20-13-7-6-11(16(22)23-2)9-14(13)24-17(20)19-15(21)10-4-3-5-12(18)8-10/h3-9H,1-2H3. The molecule has 0 aliphatic rings. The predicted molar refractivity (Wildman–Crippen MR) is 93.5 cm³/mol. The number of esters is 1. The topological polar surface area (TPSA) is 60.7 Å². The minimum absolute atomic E-state index is 0.368. The molecule has 0 spiro atoms. The zero-order chi connectivity index (χ0) is 17.3. The summed E-state index contributed by atoms with van der Waals surface area (Å²) in [7, 11) is 3.16. The van der Waals surface area contributed by atoms with Gasteiger partial charge in [-0.15, -0.1) is 0 Å². The third-order valence-corrected chi connectivity index (χ3v) is 4.83. The summed E-state index contributed by atoms with van der Waals surface area (Å²) in [6, 6.07) is 11.9. The van der Waals surface area contributed by atoms with E-state index in [1.54, 1.807) is 42.5 Å². The molecule has 1 amide bonds. The van der Waals surface area contributed by atoms with Crippen molar-refractivity contribution >= 4 is 45.0 Å². The summed E-state index contributed by atoms with van der Waals surface area (Å²) in [5, 5.41) is 0.486. The number of halogens is 1. The Bertz CT molecular complexity index is 1020. The van der Waals surface area contributed by atoms with E-state index in [9.17, 15) is 9.59 Å². The molecule has 3 aromatic rings. The molecule has 24 heavy (non-hydrogen) atoms. The van der Waals surface area contributed by atoms with Gasteiger partial charge in [0.15, 0.2) is 4.80 Å². The smallest absolute Gasteiger partial charge is 0.337 e. The lowest BCUT2D eigenvalue weighted by Gasteiger charge is -1.99. The molecule has 1 aromatic heterocycles. The fraction of sp³-hybridized carbons (Fsp3) is 0.118. The highest BCUT2D eigenvalue weighted by Gasteiger charge is 2.11. The number of aromatic nitrogens is 1. The van der Waals surface area contributed by atoms with Gasteiger partial charge in [0.2, 0.25) is 0 Å². The van der Waals surface area contributed by atoms with Crippen LogP contribution in [-0.2, 0) is 11.8 Å². The van der Waals surface area contributed by atoms with Gasteiger partial charge in [-0.05, 0) is 36.4 Å². The first-order valence-electron chi connectivity index (χ1n) is 7.02. The average Bonchev–Trinajstić information content (AvgIpc) is 2.89. The van der Waals surface area contributed by atoms with Crippen molar-refractivity contribution in [2.24, 2.45) is 12.0 Å². The molecule has 0 aliphatic heterocycles. The number of thiazole rings is 1. The predicted octanol–water partition coefficient (Wildman–Crippen LogP) is 3.42.